The van der Waals surface area contributed by atoms with Crippen LogP contribution in [0.15, 0.2) is 17.7 Å². The van der Waals surface area contributed by atoms with E-state index in [1.54, 1.807) is 0 Å². The van der Waals surface area contributed by atoms with Crippen LogP contribution in [-0.4, -0.2) is 0 Å². The molecule has 0 heteroatoms. The van der Waals surface area contributed by atoms with E-state index in [2.05, 4.69) is 39.0 Å². The van der Waals surface area contributed by atoms with Gasteiger partial charge in [-0.2, -0.15) is 0 Å². The van der Waals surface area contributed by atoms with Gasteiger partial charge in [-0.25, -0.2) is 0 Å². The lowest BCUT2D eigenvalue weighted by molar-refractivity contribution is 0.592. The number of hydrogen-bond acceptors (Lipinski definition) is 0. The Kier molecular flexibility index (Phi) is 13.1. The maximum Gasteiger partial charge on any atom is -0.0302 e. The van der Waals surface area contributed by atoms with Crippen molar-refractivity contribution in [3.05, 3.63) is 23.8 Å². The van der Waals surface area contributed by atoms with Crippen LogP contribution in [0.5, 0.6) is 0 Å². The molecule has 0 aromatic carbocycles. The molecule has 0 amide bonds. The SMILES string of the molecule is CC/[C]=C(/C=CCCCCCCCCC)CC. The Labute approximate surface area is 109 Å². The van der Waals surface area contributed by atoms with Crippen molar-refractivity contribution >= 4 is 0 Å². The van der Waals surface area contributed by atoms with Crippen molar-refractivity contribution in [3.63, 3.8) is 0 Å². The van der Waals surface area contributed by atoms with Crippen LogP contribution in [0, 0.1) is 6.08 Å². The molecule has 0 nitrogen and oxygen atoms in total. The van der Waals surface area contributed by atoms with Gasteiger partial charge in [-0.1, -0.05) is 71.4 Å². The van der Waals surface area contributed by atoms with Gasteiger partial charge in [-0.05, 0) is 37.3 Å². The van der Waals surface area contributed by atoms with Crippen molar-refractivity contribution in [2.24, 2.45) is 0 Å². The highest BCUT2D eigenvalue weighted by Gasteiger charge is 1.90. The minimum atomic E-state index is 1.03. The number of allylic oxidation sites excluding steroid dienone is 4. The molecule has 0 spiro atoms. The molecule has 0 aliphatic carbocycles. The first-order chi connectivity index (χ1) is 8.35. The molecule has 0 N–H and O–H groups in total. The smallest absolute Gasteiger partial charge is 0.0302 e. The molecule has 17 heavy (non-hydrogen) atoms. The zero-order chi connectivity index (χ0) is 12.8. The second kappa shape index (κ2) is 13.5. The first-order valence-corrected chi connectivity index (χ1v) is 7.61. The summed E-state index contributed by atoms with van der Waals surface area (Å²) < 4.78 is 0. The van der Waals surface area contributed by atoms with Crippen LogP contribution >= 0.6 is 0 Å². The van der Waals surface area contributed by atoms with Crippen molar-refractivity contribution in [1.82, 2.24) is 0 Å². The lowest BCUT2D eigenvalue weighted by Crippen LogP contribution is -1.79. The second-order valence-corrected chi connectivity index (χ2v) is 4.72. The maximum atomic E-state index is 3.39. The Balaban J connectivity index is 3.38. The molecule has 0 unspecified atom stereocenters. The van der Waals surface area contributed by atoms with Gasteiger partial charge < -0.3 is 0 Å². The highest BCUT2D eigenvalue weighted by atomic mass is 14.0. The third kappa shape index (κ3) is 11.7. The molecule has 1 radical (unpaired) electrons. The molecule has 0 aliphatic rings. The monoisotopic (exact) mass is 235 g/mol. The van der Waals surface area contributed by atoms with Gasteiger partial charge in [0, 0.05) is 0 Å². The van der Waals surface area contributed by atoms with E-state index < -0.39 is 0 Å². The van der Waals surface area contributed by atoms with E-state index in [1.165, 1.54) is 56.9 Å². The predicted molar refractivity (Wildman–Crippen MR) is 79.1 cm³/mol. The van der Waals surface area contributed by atoms with Crippen LogP contribution in [0.3, 0.4) is 0 Å². The van der Waals surface area contributed by atoms with Gasteiger partial charge in [0.2, 0.25) is 0 Å². The van der Waals surface area contributed by atoms with E-state index in [0.717, 1.165) is 12.8 Å². The Bertz CT molecular complexity index is 198. The number of hydrogen-bond donors (Lipinski definition) is 0. The van der Waals surface area contributed by atoms with Gasteiger partial charge in [-0.15, -0.1) is 0 Å². The van der Waals surface area contributed by atoms with E-state index in [1.807, 2.05) is 0 Å². The maximum absolute atomic E-state index is 3.39. The third-order valence-electron chi connectivity index (χ3n) is 3.08. The van der Waals surface area contributed by atoms with Crippen molar-refractivity contribution in [3.8, 4) is 0 Å². The van der Waals surface area contributed by atoms with Crippen LogP contribution in [0.2, 0.25) is 0 Å². The lowest BCUT2D eigenvalue weighted by Gasteiger charge is -1.99. The van der Waals surface area contributed by atoms with E-state index in [9.17, 15) is 0 Å². The van der Waals surface area contributed by atoms with Gasteiger partial charge in [0.25, 0.3) is 0 Å². The van der Waals surface area contributed by atoms with E-state index >= 15 is 0 Å². The number of rotatable bonds is 11. The molecule has 0 atom stereocenters. The fourth-order valence-corrected chi connectivity index (χ4v) is 1.97. The van der Waals surface area contributed by atoms with Crippen molar-refractivity contribution < 1.29 is 0 Å². The highest BCUT2D eigenvalue weighted by molar-refractivity contribution is 5.14. The minimum absolute atomic E-state index is 1.03. The summed E-state index contributed by atoms with van der Waals surface area (Å²) in [4.78, 5) is 0. The molecule has 0 fully saturated rings. The largest absolute Gasteiger partial charge is 0.0843 e. The van der Waals surface area contributed by atoms with Crippen molar-refractivity contribution in [2.45, 2.75) is 85.0 Å². The Morgan fingerprint density at radius 2 is 1.53 bits per heavy atom. The molecule has 0 aromatic rings. The fraction of sp³-hybridized carbons (Fsp3) is 0.765. The van der Waals surface area contributed by atoms with Gasteiger partial charge >= 0.3 is 0 Å². The zero-order valence-electron chi connectivity index (χ0n) is 12.2. The second-order valence-electron chi connectivity index (χ2n) is 4.72. The molecular formula is C17H31. The van der Waals surface area contributed by atoms with Gasteiger partial charge in [0.15, 0.2) is 0 Å². The summed E-state index contributed by atoms with van der Waals surface area (Å²) >= 11 is 0. The number of unbranched alkanes of at least 4 members (excludes halogenated alkanes) is 7. The molecule has 99 valence electrons. The summed E-state index contributed by atoms with van der Waals surface area (Å²) in [6.45, 7) is 6.63. The molecule has 0 saturated carbocycles. The average Bonchev–Trinajstić information content (AvgIpc) is 2.35. The van der Waals surface area contributed by atoms with Crippen LogP contribution in [-0.2, 0) is 0 Å². The summed E-state index contributed by atoms with van der Waals surface area (Å²) in [6, 6.07) is 0. The predicted octanol–water partition coefficient (Wildman–Crippen LogP) is 6.23. The van der Waals surface area contributed by atoms with Crippen molar-refractivity contribution in [1.29, 1.82) is 0 Å². The minimum Gasteiger partial charge on any atom is -0.0843 e. The first-order valence-electron chi connectivity index (χ1n) is 7.61. The standard InChI is InChI=1S/C17H31/c1-4-7-8-9-10-11-12-13-14-16-17(6-3)15-5-2/h14,16H,4-13H2,1-3H3. The lowest BCUT2D eigenvalue weighted by atomic mass is 10.1. The molecule has 0 rings (SSSR count). The summed E-state index contributed by atoms with van der Waals surface area (Å²) in [6.07, 6.45) is 21.2. The fourth-order valence-electron chi connectivity index (χ4n) is 1.97. The molecule has 0 aliphatic heterocycles. The quantitative estimate of drug-likeness (QED) is 0.294. The molecular weight excluding hydrogens is 204 g/mol. The summed E-state index contributed by atoms with van der Waals surface area (Å²) in [5.74, 6) is 0. The Hall–Kier alpha value is -0.520. The Morgan fingerprint density at radius 3 is 2.12 bits per heavy atom. The van der Waals surface area contributed by atoms with Gasteiger partial charge in [0.05, 0.1) is 0 Å². The van der Waals surface area contributed by atoms with Crippen LogP contribution < -0.4 is 0 Å². The summed E-state index contributed by atoms with van der Waals surface area (Å²) in [5.41, 5.74) is 1.37. The highest BCUT2D eigenvalue weighted by Crippen LogP contribution is 2.10. The van der Waals surface area contributed by atoms with E-state index in [4.69, 9.17) is 0 Å². The summed E-state index contributed by atoms with van der Waals surface area (Å²) in [5, 5.41) is 0. The normalized spacial score (nSPS) is 12.5. The molecule has 0 bridgehead atoms. The third-order valence-corrected chi connectivity index (χ3v) is 3.08. The average molecular weight is 235 g/mol. The first kappa shape index (κ1) is 16.5. The van der Waals surface area contributed by atoms with E-state index in [-0.39, 0.29) is 0 Å². The van der Waals surface area contributed by atoms with Crippen LogP contribution in [0.25, 0.3) is 0 Å². The molecule has 0 saturated heterocycles. The summed E-state index contributed by atoms with van der Waals surface area (Å²) in [7, 11) is 0. The topological polar surface area (TPSA) is 0 Å². The van der Waals surface area contributed by atoms with Gasteiger partial charge in [0.1, 0.15) is 0 Å². The molecule has 0 heterocycles. The van der Waals surface area contributed by atoms with Crippen LogP contribution in [0.4, 0.5) is 0 Å². The molecule has 0 aromatic heterocycles. The van der Waals surface area contributed by atoms with Gasteiger partial charge in [-0.3, -0.25) is 0 Å². The Morgan fingerprint density at radius 1 is 0.882 bits per heavy atom. The van der Waals surface area contributed by atoms with Crippen LogP contribution in [0.1, 0.15) is 85.0 Å². The van der Waals surface area contributed by atoms with E-state index in [0.29, 0.717) is 0 Å². The zero-order valence-corrected chi connectivity index (χ0v) is 12.2. The van der Waals surface area contributed by atoms with Crippen molar-refractivity contribution in [2.75, 3.05) is 0 Å².